The topological polar surface area (TPSA) is 49.4 Å². The van der Waals surface area contributed by atoms with E-state index in [1.165, 1.54) is 0 Å². The number of hydrogen-bond donors (Lipinski definition) is 1. The van der Waals surface area contributed by atoms with Gasteiger partial charge in [-0.25, -0.2) is 4.79 Å². The third kappa shape index (κ3) is 2.06. The summed E-state index contributed by atoms with van der Waals surface area (Å²) in [7, 11) is 0. The molecule has 4 nitrogen and oxygen atoms in total. The first-order chi connectivity index (χ1) is 9.12. The molecule has 0 radical (unpaired) electrons. The van der Waals surface area contributed by atoms with E-state index in [-0.39, 0.29) is 11.9 Å². The average molecular weight is 278 g/mol. The van der Waals surface area contributed by atoms with Crippen molar-refractivity contribution < 1.29 is 9.59 Å². The van der Waals surface area contributed by atoms with Crippen LogP contribution in [0.1, 0.15) is 38.2 Å². The normalized spacial score (nSPS) is 31.0. The van der Waals surface area contributed by atoms with Crippen LogP contribution in [0.25, 0.3) is 0 Å². The molecule has 19 heavy (non-hydrogen) atoms. The van der Waals surface area contributed by atoms with Crippen molar-refractivity contribution in [2.45, 2.75) is 44.7 Å². The second-order valence-electron chi connectivity index (χ2n) is 5.69. The fourth-order valence-electron chi connectivity index (χ4n) is 3.12. The van der Waals surface area contributed by atoms with Crippen molar-refractivity contribution in [3.8, 4) is 0 Å². The molecule has 1 aromatic heterocycles. The summed E-state index contributed by atoms with van der Waals surface area (Å²) >= 11 is 1.62. The average Bonchev–Trinajstić information content (AvgIpc) is 2.96. The zero-order valence-corrected chi connectivity index (χ0v) is 11.8. The summed E-state index contributed by atoms with van der Waals surface area (Å²) in [4.78, 5) is 26.1. The molecule has 0 bridgehead atoms. The minimum atomic E-state index is -0.592. The van der Waals surface area contributed by atoms with Crippen LogP contribution in [-0.2, 0) is 11.3 Å². The Kier molecular flexibility index (Phi) is 3.09. The van der Waals surface area contributed by atoms with E-state index in [0.717, 1.165) is 31.2 Å². The molecule has 2 aliphatic rings. The highest BCUT2D eigenvalue weighted by Gasteiger charge is 2.53. The van der Waals surface area contributed by atoms with E-state index in [1.807, 2.05) is 16.8 Å². The third-order valence-corrected chi connectivity index (χ3v) is 5.16. The lowest BCUT2D eigenvalue weighted by Gasteiger charge is -2.40. The van der Waals surface area contributed by atoms with Gasteiger partial charge in [0.25, 0.3) is 5.91 Å². The van der Waals surface area contributed by atoms with Gasteiger partial charge in [-0.1, -0.05) is 6.92 Å². The lowest BCUT2D eigenvalue weighted by molar-refractivity contribution is -0.128. The molecule has 3 rings (SSSR count). The Morgan fingerprint density at radius 3 is 2.79 bits per heavy atom. The Balaban J connectivity index is 1.87. The second-order valence-corrected chi connectivity index (χ2v) is 6.47. The second kappa shape index (κ2) is 4.63. The maximum atomic E-state index is 12.2. The number of hydrogen-bond acceptors (Lipinski definition) is 3. The van der Waals surface area contributed by atoms with Gasteiger partial charge in [0.1, 0.15) is 5.54 Å². The van der Waals surface area contributed by atoms with Crippen molar-refractivity contribution >= 4 is 23.3 Å². The Hall–Kier alpha value is -1.36. The maximum absolute atomic E-state index is 12.2. The van der Waals surface area contributed by atoms with Crippen molar-refractivity contribution in [1.82, 2.24) is 10.2 Å². The molecule has 5 heteroatoms. The van der Waals surface area contributed by atoms with Crippen LogP contribution in [-0.4, -0.2) is 22.4 Å². The van der Waals surface area contributed by atoms with Crippen molar-refractivity contribution in [3.05, 3.63) is 22.4 Å². The molecule has 1 saturated heterocycles. The Morgan fingerprint density at radius 1 is 1.42 bits per heavy atom. The van der Waals surface area contributed by atoms with Gasteiger partial charge in [0.05, 0.1) is 0 Å². The third-order valence-electron chi connectivity index (χ3n) is 4.43. The van der Waals surface area contributed by atoms with E-state index >= 15 is 0 Å². The number of thiophene rings is 1. The van der Waals surface area contributed by atoms with Gasteiger partial charge in [-0.15, -0.1) is 0 Å². The van der Waals surface area contributed by atoms with Gasteiger partial charge < -0.3 is 4.90 Å². The van der Waals surface area contributed by atoms with Crippen molar-refractivity contribution in [1.29, 1.82) is 0 Å². The number of imide groups is 1. The van der Waals surface area contributed by atoms with E-state index in [1.54, 1.807) is 16.2 Å². The van der Waals surface area contributed by atoms with Crippen molar-refractivity contribution in [2.24, 2.45) is 5.92 Å². The molecule has 0 atom stereocenters. The van der Waals surface area contributed by atoms with Gasteiger partial charge in [0.15, 0.2) is 0 Å². The van der Waals surface area contributed by atoms with Crippen LogP contribution in [0.5, 0.6) is 0 Å². The highest BCUT2D eigenvalue weighted by molar-refractivity contribution is 7.07. The molecule has 1 N–H and O–H groups in total. The van der Waals surface area contributed by atoms with Gasteiger partial charge in [0, 0.05) is 6.54 Å². The summed E-state index contributed by atoms with van der Waals surface area (Å²) in [6, 6.07) is 1.78. The number of rotatable bonds is 2. The van der Waals surface area contributed by atoms with Gasteiger partial charge in [-0.05, 0) is 54.0 Å². The monoisotopic (exact) mass is 278 g/mol. The maximum Gasteiger partial charge on any atom is 0.325 e. The van der Waals surface area contributed by atoms with E-state index in [2.05, 4.69) is 12.2 Å². The SMILES string of the molecule is CC1CCC2(CC1)C(=O)NC(=O)N2Cc1ccsc1. The minimum absolute atomic E-state index is 0.0976. The predicted octanol–water partition coefficient (Wildman–Crippen LogP) is 2.75. The number of carbonyl (C=O) groups excluding carboxylic acids is 2. The first-order valence-electron chi connectivity index (χ1n) is 6.76. The largest absolute Gasteiger partial charge is 0.325 e. The predicted molar refractivity (Wildman–Crippen MR) is 73.8 cm³/mol. The molecule has 2 fully saturated rings. The Bertz CT molecular complexity index is 490. The fourth-order valence-corrected chi connectivity index (χ4v) is 3.78. The standard InChI is InChI=1S/C14H18N2O2S/c1-10-2-5-14(6-3-10)12(17)15-13(18)16(14)8-11-4-7-19-9-11/h4,7,9-10H,2-3,5-6,8H2,1H3,(H,15,17,18). The molecule has 3 amide bonds. The smallest absolute Gasteiger partial charge is 0.305 e. The Labute approximate surface area is 116 Å². The van der Waals surface area contributed by atoms with Crippen molar-refractivity contribution in [2.75, 3.05) is 0 Å². The molecule has 1 aliphatic carbocycles. The molecule has 2 heterocycles. The summed E-state index contributed by atoms with van der Waals surface area (Å²) < 4.78 is 0. The highest BCUT2D eigenvalue weighted by atomic mass is 32.1. The van der Waals surface area contributed by atoms with Gasteiger partial charge in [0.2, 0.25) is 0 Å². The Morgan fingerprint density at radius 2 is 2.16 bits per heavy atom. The molecular formula is C14H18N2O2S. The van der Waals surface area contributed by atoms with E-state index < -0.39 is 5.54 Å². The first kappa shape index (κ1) is 12.7. The van der Waals surface area contributed by atoms with Crippen LogP contribution in [0.3, 0.4) is 0 Å². The summed E-state index contributed by atoms with van der Waals surface area (Å²) in [6.07, 6.45) is 3.60. The lowest BCUT2D eigenvalue weighted by Crippen LogP contribution is -2.51. The highest BCUT2D eigenvalue weighted by Crippen LogP contribution is 2.40. The molecule has 1 spiro atoms. The van der Waals surface area contributed by atoms with Gasteiger partial charge in [-0.2, -0.15) is 11.3 Å². The summed E-state index contributed by atoms with van der Waals surface area (Å²) in [5.41, 5.74) is 0.513. The molecule has 1 aromatic rings. The van der Waals surface area contributed by atoms with Crippen LogP contribution in [0.4, 0.5) is 4.79 Å². The van der Waals surface area contributed by atoms with Crippen LogP contribution >= 0.6 is 11.3 Å². The van der Waals surface area contributed by atoms with E-state index in [0.29, 0.717) is 12.5 Å². The minimum Gasteiger partial charge on any atom is -0.305 e. The van der Waals surface area contributed by atoms with Crippen LogP contribution in [0, 0.1) is 5.92 Å². The fraction of sp³-hybridized carbons (Fsp3) is 0.571. The number of nitrogens with zero attached hydrogens (tertiary/aromatic N) is 1. The summed E-state index contributed by atoms with van der Waals surface area (Å²) in [6.45, 7) is 2.75. The number of nitrogens with one attached hydrogen (secondary N) is 1. The molecule has 0 unspecified atom stereocenters. The van der Waals surface area contributed by atoms with Crippen LogP contribution in [0.15, 0.2) is 16.8 Å². The van der Waals surface area contributed by atoms with Crippen molar-refractivity contribution in [3.63, 3.8) is 0 Å². The molecule has 102 valence electrons. The lowest BCUT2D eigenvalue weighted by atomic mass is 9.76. The molecule has 1 saturated carbocycles. The zero-order chi connectivity index (χ0) is 13.5. The van der Waals surface area contributed by atoms with Crippen LogP contribution in [0.2, 0.25) is 0 Å². The number of urea groups is 1. The molecular weight excluding hydrogens is 260 g/mol. The number of carbonyl (C=O) groups is 2. The quantitative estimate of drug-likeness (QED) is 0.846. The zero-order valence-electron chi connectivity index (χ0n) is 11.0. The van der Waals surface area contributed by atoms with Gasteiger partial charge in [-0.3, -0.25) is 10.1 Å². The number of amides is 3. The van der Waals surface area contributed by atoms with E-state index in [4.69, 9.17) is 0 Å². The molecule has 0 aromatic carbocycles. The van der Waals surface area contributed by atoms with Crippen LogP contribution < -0.4 is 5.32 Å². The van der Waals surface area contributed by atoms with E-state index in [9.17, 15) is 9.59 Å². The summed E-state index contributed by atoms with van der Waals surface area (Å²) in [5.74, 6) is 0.553. The molecule has 1 aliphatic heterocycles. The van der Waals surface area contributed by atoms with Gasteiger partial charge >= 0.3 is 6.03 Å². The first-order valence-corrected chi connectivity index (χ1v) is 7.70. The summed E-state index contributed by atoms with van der Waals surface area (Å²) in [5, 5.41) is 6.54.